The van der Waals surface area contributed by atoms with Gasteiger partial charge < -0.3 is 4.74 Å². The molecule has 0 aromatic heterocycles. The summed E-state index contributed by atoms with van der Waals surface area (Å²) in [5, 5.41) is 0. The molecule has 86 valence electrons. The van der Waals surface area contributed by atoms with E-state index in [9.17, 15) is 4.79 Å². The zero-order chi connectivity index (χ0) is 11.5. The number of hydrogen-bond acceptors (Lipinski definition) is 2. The van der Waals surface area contributed by atoms with Crippen molar-refractivity contribution in [3.63, 3.8) is 0 Å². The largest absolute Gasteiger partial charge is 0.496 e. The third-order valence-electron chi connectivity index (χ3n) is 3.41. The summed E-state index contributed by atoms with van der Waals surface area (Å²) in [6.07, 6.45) is 4.52. The van der Waals surface area contributed by atoms with Crippen molar-refractivity contribution >= 4 is 5.78 Å². The van der Waals surface area contributed by atoms with Crippen molar-refractivity contribution in [1.82, 2.24) is 0 Å². The standard InChI is InChI=1S/C14H18O2/c1-10-9-12(7-8-13(10)16-2)14(15)11-5-3-4-6-11/h7-9,11H,3-6H2,1-2H3. The number of hydrogen-bond donors (Lipinski definition) is 0. The zero-order valence-electron chi connectivity index (χ0n) is 9.95. The summed E-state index contributed by atoms with van der Waals surface area (Å²) in [5.41, 5.74) is 1.87. The van der Waals surface area contributed by atoms with Gasteiger partial charge in [0.05, 0.1) is 7.11 Å². The van der Waals surface area contributed by atoms with E-state index in [0.29, 0.717) is 5.78 Å². The van der Waals surface area contributed by atoms with E-state index in [1.807, 2.05) is 25.1 Å². The third kappa shape index (κ3) is 2.11. The molecule has 2 nitrogen and oxygen atoms in total. The van der Waals surface area contributed by atoms with Crippen molar-refractivity contribution in [3.05, 3.63) is 29.3 Å². The summed E-state index contributed by atoms with van der Waals surface area (Å²) in [6, 6.07) is 5.71. The summed E-state index contributed by atoms with van der Waals surface area (Å²) in [7, 11) is 1.65. The number of Topliss-reactive ketones (excluding diaryl/α,β-unsaturated/α-hetero) is 1. The Kier molecular flexibility index (Phi) is 3.28. The summed E-state index contributed by atoms with van der Waals surface area (Å²) < 4.78 is 5.19. The Morgan fingerprint density at radius 1 is 1.31 bits per heavy atom. The monoisotopic (exact) mass is 218 g/mol. The highest BCUT2D eigenvalue weighted by Gasteiger charge is 2.23. The van der Waals surface area contributed by atoms with Crippen LogP contribution in [0.3, 0.4) is 0 Å². The SMILES string of the molecule is COc1ccc(C(=O)C2CCCC2)cc1C. The zero-order valence-corrected chi connectivity index (χ0v) is 9.95. The van der Waals surface area contributed by atoms with Gasteiger partial charge in [0.15, 0.2) is 5.78 Å². The molecular formula is C14H18O2. The van der Waals surface area contributed by atoms with E-state index < -0.39 is 0 Å². The van der Waals surface area contributed by atoms with Crippen molar-refractivity contribution in [2.75, 3.05) is 7.11 Å². The Morgan fingerprint density at radius 2 is 2.00 bits per heavy atom. The predicted octanol–water partition coefficient (Wildman–Crippen LogP) is 3.38. The first kappa shape index (κ1) is 11.2. The van der Waals surface area contributed by atoms with E-state index >= 15 is 0 Å². The topological polar surface area (TPSA) is 26.3 Å². The predicted molar refractivity (Wildman–Crippen MR) is 64.0 cm³/mol. The Bertz CT molecular complexity index is 390. The summed E-state index contributed by atoms with van der Waals surface area (Å²) in [4.78, 5) is 12.2. The second-order valence-corrected chi connectivity index (χ2v) is 4.53. The fourth-order valence-electron chi connectivity index (χ4n) is 2.46. The Morgan fingerprint density at radius 3 is 2.56 bits per heavy atom. The molecule has 0 spiro atoms. The quantitative estimate of drug-likeness (QED) is 0.727. The van der Waals surface area contributed by atoms with Crippen LogP contribution in [0.5, 0.6) is 5.75 Å². The summed E-state index contributed by atoms with van der Waals surface area (Å²) >= 11 is 0. The van der Waals surface area contributed by atoms with E-state index in [2.05, 4.69) is 0 Å². The minimum atomic E-state index is 0.257. The Labute approximate surface area is 96.6 Å². The van der Waals surface area contributed by atoms with Crippen LogP contribution in [0.4, 0.5) is 0 Å². The highest BCUT2D eigenvalue weighted by atomic mass is 16.5. The number of ketones is 1. The molecule has 0 radical (unpaired) electrons. The molecular weight excluding hydrogens is 200 g/mol. The number of methoxy groups -OCH3 is 1. The molecule has 1 saturated carbocycles. The van der Waals surface area contributed by atoms with Gasteiger partial charge in [-0.15, -0.1) is 0 Å². The number of benzene rings is 1. The minimum Gasteiger partial charge on any atom is -0.496 e. The van der Waals surface area contributed by atoms with Crippen LogP contribution in [0, 0.1) is 12.8 Å². The van der Waals surface area contributed by atoms with Crippen LogP contribution < -0.4 is 4.74 Å². The lowest BCUT2D eigenvalue weighted by Gasteiger charge is -2.10. The lowest BCUT2D eigenvalue weighted by molar-refractivity contribution is 0.0923. The number of carbonyl (C=O) groups is 1. The molecule has 0 bridgehead atoms. The van der Waals surface area contributed by atoms with Gasteiger partial charge in [-0.3, -0.25) is 4.79 Å². The van der Waals surface area contributed by atoms with Gasteiger partial charge in [-0.2, -0.15) is 0 Å². The molecule has 0 amide bonds. The highest BCUT2D eigenvalue weighted by Crippen LogP contribution is 2.29. The van der Waals surface area contributed by atoms with Crippen molar-refractivity contribution in [3.8, 4) is 5.75 Å². The average molecular weight is 218 g/mol. The van der Waals surface area contributed by atoms with Gasteiger partial charge in [-0.1, -0.05) is 12.8 Å². The van der Waals surface area contributed by atoms with E-state index in [0.717, 1.165) is 29.7 Å². The van der Waals surface area contributed by atoms with E-state index in [1.54, 1.807) is 7.11 Å². The smallest absolute Gasteiger partial charge is 0.165 e. The second kappa shape index (κ2) is 4.69. The second-order valence-electron chi connectivity index (χ2n) is 4.53. The molecule has 1 fully saturated rings. The number of aryl methyl sites for hydroxylation is 1. The van der Waals surface area contributed by atoms with Crippen LogP contribution in [0.25, 0.3) is 0 Å². The molecule has 0 aliphatic heterocycles. The maximum atomic E-state index is 12.2. The molecule has 1 aromatic rings. The van der Waals surface area contributed by atoms with Gasteiger partial charge in [0.25, 0.3) is 0 Å². The van der Waals surface area contributed by atoms with E-state index in [1.165, 1.54) is 12.8 Å². The van der Waals surface area contributed by atoms with Crippen molar-refractivity contribution in [2.24, 2.45) is 5.92 Å². The van der Waals surface area contributed by atoms with Gasteiger partial charge in [-0.25, -0.2) is 0 Å². The van der Waals surface area contributed by atoms with E-state index in [4.69, 9.17) is 4.74 Å². The first-order valence-corrected chi connectivity index (χ1v) is 5.91. The molecule has 0 unspecified atom stereocenters. The van der Waals surface area contributed by atoms with Gasteiger partial charge in [-0.05, 0) is 43.5 Å². The molecule has 2 rings (SSSR count). The van der Waals surface area contributed by atoms with Crippen LogP contribution in [0.1, 0.15) is 41.6 Å². The summed E-state index contributed by atoms with van der Waals surface area (Å²) in [5.74, 6) is 1.42. The molecule has 0 saturated heterocycles. The number of rotatable bonds is 3. The van der Waals surface area contributed by atoms with Crippen molar-refractivity contribution in [1.29, 1.82) is 0 Å². The molecule has 0 N–H and O–H groups in total. The number of ether oxygens (including phenoxy) is 1. The Hall–Kier alpha value is -1.31. The van der Waals surface area contributed by atoms with Crippen molar-refractivity contribution in [2.45, 2.75) is 32.6 Å². The first-order valence-electron chi connectivity index (χ1n) is 5.91. The lowest BCUT2D eigenvalue weighted by atomic mass is 9.95. The van der Waals surface area contributed by atoms with Crippen LogP contribution in [0.15, 0.2) is 18.2 Å². The first-order chi connectivity index (χ1) is 7.72. The number of carbonyl (C=O) groups excluding carboxylic acids is 1. The fourth-order valence-corrected chi connectivity index (χ4v) is 2.46. The van der Waals surface area contributed by atoms with Gasteiger partial charge in [0, 0.05) is 11.5 Å². The fraction of sp³-hybridized carbons (Fsp3) is 0.500. The average Bonchev–Trinajstić information content (AvgIpc) is 2.81. The molecule has 0 atom stereocenters. The van der Waals surface area contributed by atoms with Gasteiger partial charge in [0.1, 0.15) is 5.75 Å². The summed E-state index contributed by atoms with van der Waals surface area (Å²) in [6.45, 7) is 1.98. The van der Waals surface area contributed by atoms with Crippen LogP contribution in [-0.2, 0) is 0 Å². The maximum Gasteiger partial charge on any atom is 0.165 e. The molecule has 2 heteroatoms. The third-order valence-corrected chi connectivity index (χ3v) is 3.41. The highest BCUT2D eigenvalue weighted by molar-refractivity contribution is 5.98. The maximum absolute atomic E-state index is 12.2. The minimum absolute atomic E-state index is 0.257. The van der Waals surface area contributed by atoms with Gasteiger partial charge >= 0.3 is 0 Å². The molecule has 1 aromatic carbocycles. The molecule has 16 heavy (non-hydrogen) atoms. The molecule has 0 heterocycles. The van der Waals surface area contributed by atoms with Crippen LogP contribution in [-0.4, -0.2) is 12.9 Å². The molecule has 1 aliphatic rings. The van der Waals surface area contributed by atoms with Gasteiger partial charge in [0.2, 0.25) is 0 Å². The Balaban J connectivity index is 2.20. The normalized spacial score (nSPS) is 16.4. The van der Waals surface area contributed by atoms with E-state index in [-0.39, 0.29) is 5.92 Å². The molecule has 1 aliphatic carbocycles. The van der Waals surface area contributed by atoms with Crippen molar-refractivity contribution < 1.29 is 9.53 Å². The lowest BCUT2D eigenvalue weighted by Crippen LogP contribution is -2.11. The van der Waals surface area contributed by atoms with Crippen LogP contribution >= 0.6 is 0 Å². The van der Waals surface area contributed by atoms with Crippen LogP contribution in [0.2, 0.25) is 0 Å².